The minimum atomic E-state index is -0.393. The van der Waals surface area contributed by atoms with Gasteiger partial charge >= 0.3 is 0 Å². The van der Waals surface area contributed by atoms with Gasteiger partial charge in [-0.25, -0.2) is 5.01 Å². The van der Waals surface area contributed by atoms with Crippen molar-refractivity contribution in [1.29, 1.82) is 0 Å². The highest BCUT2D eigenvalue weighted by atomic mass is 32.2. The zero-order valence-corrected chi connectivity index (χ0v) is 21.1. The fourth-order valence-corrected chi connectivity index (χ4v) is 4.45. The zero-order valence-electron chi connectivity index (χ0n) is 20.3. The molecule has 0 fully saturated rings. The molecule has 2 aromatic carbocycles. The summed E-state index contributed by atoms with van der Waals surface area (Å²) in [7, 11) is 0. The van der Waals surface area contributed by atoms with Gasteiger partial charge in [0.2, 0.25) is 0 Å². The number of nitrogens with zero attached hydrogens (tertiary/aromatic N) is 3. The predicted molar refractivity (Wildman–Crippen MR) is 139 cm³/mol. The average Bonchev–Trinajstić information content (AvgIpc) is 3.24. The largest absolute Gasteiger partial charge is 0.465 e. The van der Waals surface area contributed by atoms with E-state index in [9.17, 15) is 10.1 Å². The van der Waals surface area contributed by atoms with Gasteiger partial charge in [0.15, 0.2) is 0 Å². The number of allylic oxidation sites excluding steroid dienone is 5. The topological polar surface area (TPSA) is 68.0 Å². The van der Waals surface area contributed by atoms with E-state index in [0.717, 1.165) is 38.4 Å². The summed E-state index contributed by atoms with van der Waals surface area (Å²) in [4.78, 5) is 10.8. The molecule has 0 N–H and O–H groups in total. The third-order valence-corrected chi connectivity index (χ3v) is 6.53. The van der Waals surface area contributed by atoms with E-state index < -0.39 is 4.92 Å². The van der Waals surface area contributed by atoms with Gasteiger partial charge in [-0.05, 0) is 36.0 Å². The summed E-state index contributed by atoms with van der Waals surface area (Å²) in [5, 5.41) is 19.7. The van der Waals surface area contributed by atoms with E-state index >= 15 is 0 Å². The molecular weight excluding hydrogens is 446 g/mol. The Balaban J connectivity index is 1.89. The minimum Gasteiger partial charge on any atom is -0.465 e. The summed E-state index contributed by atoms with van der Waals surface area (Å²) in [5.41, 5.74) is 2.46. The van der Waals surface area contributed by atoms with Crippen molar-refractivity contribution in [1.82, 2.24) is 0 Å². The molecule has 0 saturated heterocycles. The summed E-state index contributed by atoms with van der Waals surface area (Å²) < 4.78 is 6.35. The molecule has 2 heterocycles. The first-order valence-electron chi connectivity index (χ1n) is 11.2. The molecule has 0 radical (unpaired) electrons. The van der Waals surface area contributed by atoms with Crippen molar-refractivity contribution in [3.63, 3.8) is 0 Å². The molecule has 4 rings (SSSR count). The van der Waals surface area contributed by atoms with Gasteiger partial charge in [0.1, 0.15) is 21.6 Å². The lowest BCUT2D eigenvalue weighted by Gasteiger charge is -2.33. The lowest BCUT2D eigenvalue weighted by molar-refractivity contribution is -0.384. The van der Waals surface area contributed by atoms with E-state index in [1.54, 1.807) is 23.9 Å². The van der Waals surface area contributed by atoms with Gasteiger partial charge in [0.25, 0.3) is 5.69 Å². The Hall–Kier alpha value is -3.32. The average molecular weight is 476 g/mol. The SMILES string of the molecule is CC(C)(C)C1=CC(=C2SC(c3ccccc3)=NN2c2ccc([N+](=O)[O-])cc2)C=C(C(C)(C)C)O1. The van der Waals surface area contributed by atoms with E-state index in [1.165, 1.54) is 12.1 Å². The quantitative estimate of drug-likeness (QED) is 0.337. The smallest absolute Gasteiger partial charge is 0.269 e. The van der Waals surface area contributed by atoms with Gasteiger partial charge in [0, 0.05) is 34.1 Å². The van der Waals surface area contributed by atoms with Crippen molar-refractivity contribution in [3.05, 3.63) is 105 Å². The third kappa shape index (κ3) is 4.94. The Morgan fingerprint density at radius 2 is 1.44 bits per heavy atom. The fraction of sp³-hybridized carbons (Fsp3) is 0.296. The number of non-ortho nitro benzene ring substituents is 1. The summed E-state index contributed by atoms with van der Waals surface area (Å²) in [5.74, 6) is 1.78. The second-order valence-corrected chi connectivity index (χ2v) is 11.3. The Labute approximate surface area is 204 Å². The Morgan fingerprint density at radius 1 is 0.882 bits per heavy atom. The number of benzene rings is 2. The molecule has 0 unspecified atom stereocenters. The van der Waals surface area contributed by atoms with Gasteiger partial charge in [-0.15, -0.1) is 0 Å². The lowest BCUT2D eigenvalue weighted by atomic mass is 9.87. The normalized spacial score (nSPS) is 16.6. The van der Waals surface area contributed by atoms with Crippen molar-refractivity contribution < 1.29 is 9.66 Å². The monoisotopic (exact) mass is 475 g/mol. The molecule has 0 spiro atoms. The molecule has 0 saturated carbocycles. The molecule has 2 aliphatic heterocycles. The summed E-state index contributed by atoms with van der Waals surface area (Å²) in [6, 6.07) is 16.5. The van der Waals surface area contributed by atoms with Crippen LogP contribution in [0.15, 0.2) is 94.0 Å². The molecular formula is C27H29N3O3S. The summed E-state index contributed by atoms with van der Waals surface area (Å²) >= 11 is 1.59. The number of nitro benzene ring substituents is 1. The first-order chi connectivity index (χ1) is 15.9. The third-order valence-electron chi connectivity index (χ3n) is 5.42. The highest BCUT2D eigenvalue weighted by Crippen LogP contribution is 2.44. The van der Waals surface area contributed by atoms with Gasteiger partial charge in [-0.1, -0.05) is 71.9 Å². The van der Waals surface area contributed by atoms with E-state index in [-0.39, 0.29) is 16.5 Å². The van der Waals surface area contributed by atoms with Gasteiger partial charge in [-0.3, -0.25) is 10.1 Å². The zero-order chi connectivity index (χ0) is 24.7. The van der Waals surface area contributed by atoms with E-state index in [4.69, 9.17) is 9.84 Å². The number of hydrogen-bond acceptors (Lipinski definition) is 6. The Morgan fingerprint density at radius 3 is 1.94 bits per heavy atom. The highest BCUT2D eigenvalue weighted by Gasteiger charge is 2.33. The van der Waals surface area contributed by atoms with E-state index in [2.05, 4.69) is 53.7 Å². The second kappa shape index (κ2) is 8.80. The van der Waals surface area contributed by atoms with Crippen molar-refractivity contribution >= 4 is 28.2 Å². The van der Waals surface area contributed by atoms with Crippen LogP contribution in [0.4, 0.5) is 11.4 Å². The molecule has 0 aromatic heterocycles. The number of thioether (sulfide) groups is 1. The second-order valence-electron chi connectivity index (χ2n) is 10.3. The molecule has 0 atom stereocenters. The van der Waals surface area contributed by atoms with E-state index in [0.29, 0.717) is 0 Å². The molecule has 2 aromatic rings. The van der Waals surface area contributed by atoms with Gasteiger partial charge in [-0.2, -0.15) is 5.10 Å². The summed E-state index contributed by atoms with van der Waals surface area (Å²) in [6.45, 7) is 12.8. The van der Waals surface area contributed by atoms with Crippen LogP contribution in [-0.2, 0) is 4.74 Å². The number of hydrogen-bond donors (Lipinski definition) is 0. The predicted octanol–water partition coefficient (Wildman–Crippen LogP) is 7.61. The van der Waals surface area contributed by atoms with Crippen LogP contribution >= 0.6 is 11.8 Å². The van der Waals surface area contributed by atoms with Crippen LogP contribution in [0.5, 0.6) is 0 Å². The molecule has 0 amide bonds. The first-order valence-corrected chi connectivity index (χ1v) is 12.0. The number of anilines is 1. The summed E-state index contributed by atoms with van der Waals surface area (Å²) in [6.07, 6.45) is 4.17. The number of hydrazone groups is 1. The lowest BCUT2D eigenvalue weighted by Crippen LogP contribution is -2.22. The van der Waals surface area contributed by atoms with Crippen LogP contribution in [0.25, 0.3) is 0 Å². The highest BCUT2D eigenvalue weighted by molar-refractivity contribution is 8.18. The van der Waals surface area contributed by atoms with Crippen LogP contribution in [0.2, 0.25) is 0 Å². The van der Waals surface area contributed by atoms with Gasteiger partial charge < -0.3 is 4.74 Å². The molecule has 7 heteroatoms. The molecule has 176 valence electrons. The number of ether oxygens (including phenoxy) is 1. The van der Waals surface area contributed by atoms with Crippen molar-refractivity contribution in [3.8, 4) is 0 Å². The van der Waals surface area contributed by atoms with Crippen LogP contribution in [0, 0.1) is 20.9 Å². The Bertz CT molecular complexity index is 1200. The number of rotatable bonds is 3. The molecule has 6 nitrogen and oxygen atoms in total. The van der Waals surface area contributed by atoms with Gasteiger partial charge in [0.05, 0.1) is 10.6 Å². The van der Waals surface area contributed by atoms with Crippen molar-refractivity contribution in [2.45, 2.75) is 41.5 Å². The first kappa shape index (κ1) is 23.8. The molecule has 0 bridgehead atoms. The standard InChI is InChI=1S/C27H29N3O3S/c1-26(2,3)22-16-19(17-23(33-22)27(4,5)6)25-29(20-12-14-21(15-13-20)30(31)32)28-24(34-25)18-10-8-7-9-11-18/h7-17H,1-6H3. The molecule has 0 aliphatic carbocycles. The van der Waals surface area contributed by atoms with Crippen molar-refractivity contribution in [2.24, 2.45) is 15.9 Å². The van der Waals surface area contributed by atoms with Crippen LogP contribution < -0.4 is 5.01 Å². The molecule has 2 aliphatic rings. The fourth-order valence-electron chi connectivity index (χ4n) is 3.42. The van der Waals surface area contributed by atoms with Crippen LogP contribution in [0.1, 0.15) is 47.1 Å². The maximum Gasteiger partial charge on any atom is 0.269 e. The van der Waals surface area contributed by atoms with Crippen LogP contribution in [0.3, 0.4) is 0 Å². The number of nitro groups is 1. The molecule has 34 heavy (non-hydrogen) atoms. The van der Waals surface area contributed by atoms with Crippen molar-refractivity contribution in [2.75, 3.05) is 5.01 Å². The van der Waals surface area contributed by atoms with E-state index in [1.807, 2.05) is 35.3 Å². The Kier molecular flexibility index (Phi) is 6.16. The minimum absolute atomic E-state index is 0.0490. The van der Waals surface area contributed by atoms with Crippen LogP contribution in [-0.4, -0.2) is 9.97 Å². The maximum atomic E-state index is 11.2. The maximum absolute atomic E-state index is 11.2.